The quantitative estimate of drug-likeness (QED) is 0.696. The third kappa shape index (κ3) is 5.30. The van der Waals surface area contributed by atoms with Crippen LogP contribution in [0.5, 0.6) is 0 Å². The van der Waals surface area contributed by atoms with Gasteiger partial charge in [-0.25, -0.2) is 4.79 Å². The monoisotopic (exact) mass is 416 g/mol. The highest BCUT2D eigenvalue weighted by Crippen LogP contribution is 2.19. The van der Waals surface area contributed by atoms with E-state index in [0.717, 1.165) is 31.9 Å². The van der Waals surface area contributed by atoms with Gasteiger partial charge in [0.15, 0.2) is 0 Å². The SMILES string of the molecule is COC(=O)c1ccc(N2CCN(C(=O)C[C@@H]3C(=O)NCCN3CC(C)C)CC2)cc1. The number of anilines is 1. The van der Waals surface area contributed by atoms with Crippen molar-refractivity contribution < 1.29 is 19.1 Å². The van der Waals surface area contributed by atoms with Gasteiger partial charge in [0.1, 0.15) is 0 Å². The second kappa shape index (κ2) is 9.93. The number of esters is 1. The fourth-order valence-electron chi connectivity index (χ4n) is 4.11. The van der Waals surface area contributed by atoms with Crippen LogP contribution in [0.1, 0.15) is 30.6 Å². The van der Waals surface area contributed by atoms with Crippen LogP contribution in [0.3, 0.4) is 0 Å². The number of methoxy groups -OCH3 is 1. The topological polar surface area (TPSA) is 82.2 Å². The van der Waals surface area contributed by atoms with Gasteiger partial charge in [0, 0.05) is 51.5 Å². The number of piperazine rings is 2. The first kappa shape index (κ1) is 22.1. The van der Waals surface area contributed by atoms with Crippen LogP contribution in [-0.2, 0) is 14.3 Å². The Hall–Kier alpha value is -2.61. The van der Waals surface area contributed by atoms with Crippen molar-refractivity contribution >= 4 is 23.5 Å². The molecule has 0 bridgehead atoms. The molecule has 1 aromatic rings. The Balaban J connectivity index is 1.54. The third-order valence-corrected chi connectivity index (χ3v) is 5.70. The van der Waals surface area contributed by atoms with E-state index in [-0.39, 0.29) is 30.2 Å². The molecule has 0 saturated carbocycles. The van der Waals surface area contributed by atoms with Crippen molar-refractivity contribution in [3.8, 4) is 0 Å². The van der Waals surface area contributed by atoms with Gasteiger partial charge < -0.3 is 19.9 Å². The summed E-state index contributed by atoms with van der Waals surface area (Å²) in [6.07, 6.45) is 0.229. The molecule has 2 amide bonds. The van der Waals surface area contributed by atoms with Crippen molar-refractivity contribution in [2.24, 2.45) is 5.92 Å². The molecule has 2 heterocycles. The van der Waals surface area contributed by atoms with Crippen LogP contribution in [0.25, 0.3) is 0 Å². The maximum absolute atomic E-state index is 12.9. The fourth-order valence-corrected chi connectivity index (χ4v) is 4.11. The molecule has 0 unspecified atom stereocenters. The van der Waals surface area contributed by atoms with Crippen molar-refractivity contribution in [3.63, 3.8) is 0 Å². The number of hydrogen-bond acceptors (Lipinski definition) is 6. The third-order valence-electron chi connectivity index (χ3n) is 5.70. The van der Waals surface area contributed by atoms with Gasteiger partial charge in [-0.15, -0.1) is 0 Å². The summed E-state index contributed by atoms with van der Waals surface area (Å²) < 4.78 is 4.73. The summed E-state index contributed by atoms with van der Waals surface area (Å²) in [6.45, 7) is 9.18. The first-order valence-electron chi connectivity index (χ1n) is 10.6. The largest absolute Gasteiger partial charge is 0.465 e. The van der Waals surface area contributed by atoms with E-state index in [9.17, 15) is 14.4 Å². The Morgan fingerprint density at radius 1 is 1.10 bits per heavy atom. The maximum atomic E-state index is 12.9. The molecule has 2 aliphatic heterocycles. The molecule has 8 heteroatoms. The summed E-state index contributed by atoms with van der Waals surface area (Å²) in [5.41, 5.74) is 1.54. The molecule has 8 nitrogen and oxygen atoms in total. The number of benzene rings is 1. The van der Waals surface area contributed by atoms with Gasteiger partial charge in [-0.3, -0.25) is 14.5 Å². The molecule has 164 valence electrons. The fraction of sp³-hybridized carbons (Fsp3) is 0.591. The van der Waals surface area contributed by atoms with Gasteiger partial charge in [0.25, 0.3) is 0 Å². The summed E-state index contributed by atoms with van der Waals surface area (Å²) in [5, 5.41) is 2.90. The summed E-state index contributed by atoms with van der Waals surface area (Å²) >= 11 is 0. The second-order valence-electron chi connectivity index (χ2n) is 8.31. The normalized spacial score (nSPS) is 20.3. The predicted molar refractivity (Wildman–Crippen MR) is 114 cm³/mol. The zero-order chi connectivity index (χ0) is 21.7. The Morgan fingerprint density at radius 2 is 1.77 bits per heavy atom. The van der Waals surface area contributed by atoms with E-state index < -0.39 is 0 Å². The van der Waals surface area contributed by atoms with E-state index in [0.29, 0.717) is 31.1 Å². The average molecular weight is 417 g/mol. The molecular weight excluding hydrogens is 384 g/mol. The zero-order valence-corrected chi connectivity index (χ0v) is 18.1. The van der Waals surface area contributed by atoms with Gasteiger partial charge in [0.2, 0.25) is 11.8 Å². The van der Waals surface area contributed by atoms with Crippen LogP contribution in [0.15, 0.2) is 24.3 Å². The first-order valence-corrected chi connectivity index (χ1v) is 10.6. The summed E-state index contributed by atoms with van der Waals surface area (Å²) in [6, 6.07) is 6.94. The number of carbonyl (C=O) groups excluding carboxylic acids is 3. The van der Waals surface area contributed by atoms with Gasteiger partial charge >= 0.3 is 5.97 Å². The van der Waals surface area contributed by atoms with Gasteiger partial charge in [0.05, 0.1) is 25.1 Å². The van der Waals surface area contributed by atoms with Crippen LogP contribution in [0.4, 0.5) is 5.69 Å². The van der Waals surface area contributed by atoms with Crippen LogP contribution in [-0.4, -0.2) is 86.5 Å². The lowest BCUT2D eigenvalue weighted by Gasteiger charge is -2.39. The van der Waals surface area contributed by atoms with E-state index in [1.165, 1.54) is 7.11 Å². The molecule has 0 radical (unpaired) electrons. The summed E-state index contributed by atoms with van der Waals surface area (Å²) in [5.74, 6) is 0.0870. The molecule has 30 heavy (non-hydrogen) atoms. The first-order chi connectivity index (χ1) is 14.4. The summed E-state index contributed by atoms with van der Waals surface area (Å²) in [4.78, 5) is 43.0. The molecule has 1 aromatic carbocycles. The molecule has 1 atom stereocenters. The molecule has 0 aliphatic carbocycles. The zero-order valence-electron chi connectivity index (χ0n) is 18.1. The Labute approximate surface area is 178 Å². The van der Waals surface area contributed by atoms with Crippen molar-refractivity contribution in [2.75, 3.05) is 57.8 Å². The second-order valence-corrected chi connectivity index (χ2v) is 8.31. The lowest BCUT2D eigenvalue weighted by atomic mass is 10.0. The Bertz CT molecular complexity index is 757. The van der Waals surface area contributed by atoms with Crippen molar-refractivity contribution in [1.29, 1.82) is 0 Å². The lowest BCUT2D eigenvalue weighted by Crippen LogP contribution is -2.58. The Kier molecular flexibility index (Phi) is 7.31. The van der Waals surface area contributed by atoms with Crippen molar-refractivity contribution in [1.82, 2.24) is 15.1 Å². The van der Waals surface area contributed by atoms with Gasteiger partial charge in [-0.05, 0) is 30.2 Å². The smallest absolute Gasteiger partial charge is 0.337 e. The van der Waals surface area contributed by atoms with E-state index in [1.54, 1.807) is 12.1 Å². The lowest BCUT2D eigenvalue weighted by molar-refractivity contribution is -0.139. The molecule has 0 aromatic heterocycles. The van der Waals surface area contributed by atoms with E-state index >= 15 is 0 Å². The van der Waals surface area contributed by atoms with E-state index in [2.05, 4.69) is 29.0 Å². The molecule has 3 rings (SSSR count). The molecule has 2 saturated heterocycles. The van der Waals surface area contributed by atoms with Crippen molar-refractivity contribution in [2.45, 2.75) is 26.3 Å². The van der Waals surface area contributed by atoms with Crippen LogP contribution >= 0.6 is 0 Å². The van der Waals surface area contributed by atoms with Crippen LogP contribution in [0.2, 0.25) is 0 Å². The predicted octanol–water partition coefficient (Wildman–Crippen LogP) is 0.968. The van der Waals surface area contributed by atoms with Crippen molar-refractivity contribution in [3.05, 3.63) is 29.8 Å². The minimum absolute atomic E-state index is 0.0338. The number of nitrogens with one attached hydrogen (secondary N) is 1. The van der Waals surface area contributed by atoms with Crippen LogP contribution in [0, 0.1) is 5.92 Å². The molecule has 2 fully saturated rings. The highest BCUT2D eigenvalue weighted by Gasteiger charge is 2.33. The number of nitrogens with zero attached hydrogens (tertiary/aromatic N) is 3. The summed E-state index contributed by atoms with van der Waals surface area (Å²) in [7, 11) is 1.37. The molecule has 2 aliphatic rings. The molecule has 0 spiro atoms. The maximum Gasteiger partial charge on any atom is 0.337 e. The average Bonchev–Trinajstić information content (AvgIpc) is 2.75. The number of ether oxygens (including phenoxy) is 1. The minimum Gasteiger partial charge on any atom is -0.465 e. The minimum atomic E-state index is -0.377. The number of amides is 2. The van der Waals surface area contributed by atoms with Gasteiger partial charge in [-0.2, -0.15) is 0 Å². The van der Waals surface area contributed by atoms with E-state index in [4.69, 9.17) is 4.74 Å². The number of carbonyl (C=O) groups is 3. The highest BCUT2D eigenvalue weighted by molar-refractivity contribution is 5.90. The Morgan fingerprint density at radius 3 is 2.37 bits per heavy atom. The van der Waals surface area contributed by atoms with E-state index in [1.807, 2.05) is 17.0 Å². The standard InChI is InChI=1S/C22H32N4O4/c1-16(2)15-26-9-8-23-21(28)19(26)14-20(27)25-12-10-24(11-13-25)18-6-4-17(5-7-18)22(29)30-3/h4-7,16,19H,8-15H2,1-3H3,(H,23,28)/t19-/m1/s1. The highest BCUT2D eigenvalue weighted by atomic mass is 16.5. The van der Waals surface area contributed by atoms with Gasteiger partial charge in [-0.1, -0.05) is 13.8 Å². The van der Waals surface area contributed by atoms with Crippen LogP contribution < -0.4 is 10.2 Å². The number of hydrogen-bond donors (Lipinski definition) is 1. The molecular formula is C22H32N4O4. The molecule has 1 N–H and O–H groups in total. The number of rotatable bonds is 6.